The molecule has 0 saturated carbocycles. The first-order valence-corrected chi connectivity index (χ1v) is 5.41. The number of carbonyl (C=O) groups is 1. The van der Waals surface area contributed by atoms with Crippen molar-refractivity contribution in [2.24, 2.45) is 0 Å². The van der Waals surface area contributed by atoms with Crippen LogP contribution in [-0.2, 0) is 9.53 Å². The summed E-state index contributed by atoms with van der Waals surface area (Å²) in [5, 5.41) is 4.17. The van der Waals surface area contributed by atoms with Crippen LogP contribution in [0.4, 0.5) is 27.6 Å². The second-order valence-corrected chi connectivity index (χ2v) is 3.64. The molecule has 0 aliphatic rings. The summed E-state index contributed by atoms with van der Waals surface area (Å²) in [4.78, 5) is 11.2. The third kappa shape index (κ3) is 3.56. The molecule has 0 radical (unpaired) electrons. The van der Waals surface area contributed by atoms with Gasteiger partial charge in [0.15, 0.2) is 23.3 Å². The van der Waals surface area contributed by atoms with Gasteiger partial charge >= 0.3 is 0 Å². The topological polar surface area (TPSA) is 50.4 Å². The van der Waals surface area contributed by atoms with E-state index in [9.17, 15) is 26.7 Å². The maximum Gasteiger partial charge on any atom is 0.239 e. The average molecular weight is 298 g/mol. The number of ether oxygens (including phenoxy) is 1. The van der Waals surface area contributed by atoms with E-state index < -0.39 is 47.2 Å². The Morgan fingerprint density at radius 2 is 1.50 bits per heavy atom. The summed E-state index contributed by atoms with van der Waals surface area (Å²) in [6.45, 7) is -0.287. The van der Waals surface area contributed by atoms with Gasteiger partial charge in [-0.2, -0.15) is 0 Å². The van der Waals surface area contributed by atoms with E-state index in [4.69, 9.17) is 0 Å². The van der Waals surface area contributed by atoms with E-state index in [-0.39, 0.29) is 13.2 Å². The average Bonchev–Trinajstić information content (AvgIpc) is 2.43. The highest BCUT2D eigenvalue weighted by Crippen LogP contribution is 2.26. The largest absolute Gasteiger partial charge is 0.383 e. The predicted molar refractivity (Wildman–Crippen MR) is 59.6 cm³/mol. The molecule has 0 aromatic heterocycles. The van der Waals surface area contributed by atoms with Gasteiger partial charge in [0, 0.05) is 13.7 Å². The molecule has 0 aliphatic carbocycles. The number of anilines is 1. The Morgan fingerprint density at radius 3 is 2.00 bits per heavy atom. The molecule has 0 saturated heterocycles. The molecule has 0 heterocycles. The van der Waals surface area contributed by atoms with Crippen molar-refractivity contribution in [3.8, 4) is 0 Å². The van der Waals surface area contributed by atoms with Crippen LogP contribution >= 0.6 is 0 Å². The molecular formula is C11H11F5N2O2. The lowest BCUT2D eigenvalue weighted by Crippen LogP contribution is -2.32. The van der Waals surface area contributed by atoms with Gasteiger partial charge in [0.1, 0.15) is 5.69 Å². The molecule has 112 valence electrons. The van der Waals surface area contributed by atoms with Gasteiger partial charge in [-0.3, -0.25) is 4.79 Å². The maximum atomic E-state index is 13.2. The molecule has 0 aliphatic heterocycles. The van der Waals surface area contributed by atoms with Gasteiger partial charge in [-0.15, -0.1) is 0 Å². The molecule has 0 fully saturated rings. The van der Waals surface area contributed by atoms with Gasteiger partial charge in [0.2, 0.25) is 11.7 Å². The number of carbonyl (C=O) groups excluding carboxylic acids is 1. The molecular weight excluding hydrogens is 287 g/mol. The van der Waals surface area contributed by atoms with Crippen molar-refractivity contribution >= 4 is 11.6 Å². The second-order valence-electron chi connectivity index (χ2n) is 3.64. The quantitative estimate of drug-likeness (QED) is 0.363. The van der Waals surface area contributed by atoms with E-state index in [0.717, 1.165) is 0 Å². The standard InChI is InChI=1S/C11H11F5N2O2/c1-20-3-2-17-5(19)4-18-11-9(15)7(13)6(12)8(14)10(11)16/h18H,2-4H2,1H3,(H,17,19). The van der Waals surface area contributed by atoms with E-state index in [0.29, 0.717) is 0 Å². The highest BCUT2D eigenvalue weighted by molar-refractivity contribution is 5.80. The van der Waals surface area contributed by atoms with Crippen molar-refractivity contribution in [2.75, 3.05) is 32.1 Å². The SMILES string of the molecule is COCCNC(=O)CNc1c(F)c(F)c(F)c(F)c1F. The number of hydrogen-bond donors (Lipinski definition) is 2. The van der Waals surface area contributed by atoms with E-state index >= 15 is 0 Å². The van der Waals surface area contributed by atoms with Crippen molar-refractivity contribution in [1.82, 2.24) is 5.32 Å². The number of methoxy groups -OCH3 is 1. The van der Waals surface area contributed by atoms with Crippen LogP contribution in [0.25, 0.3) is 0 Å². The van der Waals surface area contributed by atoms with Crippen LogP contribution < -0.4 is 10.6 Å². The normalized spacial score (nSPS) is 10.5. The van der Waals surface area contributed by atoms with E-state index in [1.807, 2.05) is 5.32 Å². The first kappa shape index (κ1) is 16.2. The van der Waals surface area contributed by atoms with Crippen LogP contribution in [0, 0.1) is 29.1 Å². The molecule has 1 aromatic carbocycles. The summed E-state index contributed by atoms with van der Waals surface area (Å²) < 4.78 is 69.6. The fourth-order valence-corrected chi connectivity index (χ4v) is 1.28. The van der Waals surface area contributed by atoms with Gasteiger partial charge in [0.25, 0.3) is 0 Å². The van der Waals surface area contributed by atoms with Crippen molar-refractivity contribution in [2.45, 2.75) is 0 Å². The van der Waals surface area contributed by atoms with E-state index in [1.54, 1.807) is 0 Å². The summed E-state index contributed by atoms with van der Waals surface area (Å²) in [6.07, 6.45) is 0. The number of benzene rings is 1. The number of halogens is 5. The predicted octanol–water partition coefficient (Wildman–Crippen LogP) is 1.56. The molecule has 0 spiro atoms. The summed E-state index contributed by atoms with van der Waals surface area (Å²) in [5.41, 5.74) is -1.25. The summed E-state index contributed by atoms with van der Waals surface area (Å²) >= 11 is 0. The minimum atomic E-state index is -2.25. The number of rotatable bonds is 6. The fourth-order valence-electron chi connectivity index (χ4n) is 1.28. The molecule has 2 N–H and O–H groups in total. The fraction of sp³-hybridized carbons (Fsp3) is 0.364. The smallest absolute Gasteiger partial charge is 0.239 e. The van der Waals surface area contributed by atoms with Gasteiger partial charge < -0.3 is 15.4 Å². The molecule has 0 atom stereocenters. The number of nitrogens with one attached hydrogen (secondary N) is 2. The molecule has 9 heteroatoms. The third-order valence-corrected chi connectivity index (χ3v) is 2.26. The monoisotopic (exact) mass is 298 g/mol. The van der Waals surface area contributed by atoms with Crippen molar-refractivity contribution < 1.29 is 31.5 Å². The van der Waals surface area contributed by atoms with Gasteiger partial charge in [-0.05, 0) is 0 Å². The minimum absolute atomic E-state index is 0.147. The zero-order chi connectivity index (χ0) is 15.3. The van der Waals surface area contributed by atoms with Crippen LogP contribution in [0.3, 0.4) is 0 Å². The Labute approximate surface area is 110 Å². The van der Waals surface area contributed by atoms with Crippen LogP contribution in [0.5, 0.6) is 0 Å². The van der Waals surface area contributed by atoms with Crippen molar-refractivity contribution in [1.29, 1.82) is 0 Å². The lowest BCUT2D eigenvalue weighted by molar-refractivity contribution is -0.119. The van der Waals surface area contributed by atoms with E-state index in [1.165, 1.54) is 7.11 Å². The number of hydrogen-bond acceptors (Lipinski definition) is 3. The Balaban J connectivity index is 2.76. The zero-order valence-corrected chi connectivity index (χ0v) is 10.3. The zero-order valence-electron chi connectivity index (χ0n) is 10.3. The molecule has 1 aromatic rings. The van der Waals surface area contributed by atoms with Crippen LogP contribution in [0.1, 0.15) is 0 Å². The Kier molecular flexibility index (Phi) is 5.68. The summed E-state index contributed by atoms with van der Waals surface area (Å²) in [5.74, 6) is -11.1. The van der Waals surface area contributed by atoms with Crippen LogP contribution in [0.15, 0.2) is 0 Å². The molecule has 4 nitrogen and oxygen atoms in total. The molecule has 1 amide bonds. The maximum absolute atomic E-state index is 13.2. The molecule has 0 unspecified atom stereocenters. The highest BCUT2D eigenvalue weighted by Gasteiger charge is 2.25. The third-order valence-electron chi connectivity index (χ3n) is 2.26. The van der Waals surface area contributed by atoms with Crippen LogP contribution in [-0.4, -0.2) is 32.7 Å². The minimum Gasteiger partial charge on any atom is -0.383 e. The molecule has 0 bridgehead atoms. The molecule has 1 rings (SSSR count). The van der Waals surface area contributed by atoms with Crippen LogP contribution in [0.2, 0.25) is 0 Å². The summed E-state index contributed by atoms with van der Waals surface area (Å²) in [7, 11) is 1.40. The number of amides is 1. The van der Waals surface area contributed by atoms with Gasteiger partial charge in [-0.25, -0.2) is 22.0 Å². The van der Waals surface area contributed by atoms with Crippen molar-refractivity contribution in [3.63, 3.8) is 0 Å². The van der Waals surface area contributed by atoms with Gasteiger partial charge in [-0.1, -0.05) is 0 Å². The van der Waals surface area contributed by atoms with Gasteiger partial charge in [0.05, 0.1) is 13.2 Å². The van der Waals surface area contributed by atoms with Crippen molar-refractivity contribution in [3.05, 3.63) is 29.1 Å². The Morgan fingerprint density at radius 1 is 1.00 bits per heavy atom. The Hall–Kier alpha value is -1.90. The highest BCUT2D eigenvalue weighted by atomic mass is 19.2. The Bertz CT molecular complexity index is 481. The van der Waals surface area contributed by atoms with E-state index in [2.05, 4.69) is 10.1 Å². The molecule has 20 heavy (non-hydrogen) atoms. The lowest BCUT2D eigenvalue weighted by atomic mass is 10.2. The lowest BCUT2D eigenvalue weighted by Gasteiger charge is -2.10. The first-order valence-electron chi connectivity index (χ1n) is 5.41. The second kappa shape index (κ2) is 7.04. The first-order chi connectivity index (χ1) is 9.40. The summed E-state index contributed by atoms with van der Waals surface area (Å²) in [6, 6.07) is 0.